The SMILES string of the molecule is CC[NH+](CC)CCN1C(=O)C(=O)C(=C(O)c2ccccc2)[C@H]1c1ccccc1. The predicted molar refractivity (Wildman–Crippen MR) is 109 cm³/mol. The van der Waals surface area contributed by atoms with Crippen molar-refractivity contribution in [3.63, 3.8) is 0 Å². The largest absolute Gasteiger partial charge is 0.507 e. The fourth-order valence-electron chi connectivity index (χ4n) is 3.73. The van der Waals surface area contributed by atoms with Crippen LogP contribution in [0.4, 0.5) is 0 Å². The number of Topliss-reactive ketones (excluding diaryl/α,β-unsaturated/α-hetero) is 1. The molecule has 1 aliphatic heterocycles. The Kier molecular flexibility index (Phi) is 6.26. The molecule has 0 aliphatic carbocycles. The van der Waals surface area contributed by atoms with Crippen LogP contribution >= 0.6 is 0 Å². The maximum atomic E-state index is 12.9. The number of nitrogens with zero attached hydrogens (tertiary/aromatic N) is 1. The van der Waals surface area contributed by atoms with Gasteiger partial charge in [0.05, 0.1) is 37.8 Å². The Bertz CT molecular complexity index is 858. The highest BCUT2D eigenvalue weighted by atomic mass is 16.3. The highest BCUT2D eigenvalue weighted by molar-refractivity contribution is 6.46. The summed E-state index contributed by atoms with van der Waals surface area (Å²) in [6, 6.07) is 17.8. The van der Waals surface area contributed by atoms with E-state index in [1.54, 1.807) is 29.2 Å². The van der Waals surface area contributed by atoms with E-state index in [-0.39, 0.29) is 11.3 Å². The summed E-state index contributed by atoms with van der Waals surface area (Å²) in [5, 5.41) is 10.9. The van der Waals surface area contributed by atoms with E-state index in [4.69, 9.17) is 0 Å². The Balaban J connectivity index is 2.06. The van der Waals surface area contributed by atoms with Crippen molar-refractivity contribution < 1.29 is 19.6 Å². The monoisotopic (exact) mass is 379 g/mol. The van der Waals surface area contributed by atoms with Gasteiger partial charge in [-0.05, 0) is 19.4 Å². The van der Waals surface area contributed by atoms with Crippen LogP contribution in [-0.2, 0) is 9.59 Å². The van der Waals surface area contributed by atoms with Gasteiger partial charge in [0.1, 0.15) is 5.76 Å². The molecule has 5 heteroatoms. The lowest BCUT2D eigenvalue weighted by atomic mass is 9.95. The molecule has 3 rings (SSSR count). The van der Waals surface area contributed by atoms with Crippen LogP contribution < -0.4 is 4.90 Å². The van der Waals surface area contributed by atoms with Crippen LogP contribution in [0.25, 0.3) is 5.76 Å². The standard InChI is InChI=1S/C23H26N2O3/c1-3-24(4-2)15-16-25-20(17-11-7-5-8-12-17)19(22(27)23(25)28)21(26)18-13-9-6-10-14-18/h5-14,20,26H,3-4,15-16H2,1-2H3/p+1/t20-/m1/s1. The molecule has 0 bridgehead atoms. The van der Waals surface area contributed by atoms with E-state index >= 15 is 0 Å². The number of likely N-dealkylation sites (tertiary alicyclic amines) is 1. The molecule has 1 aliphatic rings. The Morgan fingerprint density at radius 2 is 1.54 bits per heavy atom. The van der Waals surface area contributed by atoms with Gasteiger partial charge >= 0.3 is 0 Å². The van der Waals surface area contributed by atoms with Crippen molar-refractivity contribution in [2.45, 2.75) is 19.9 Å². The highest BCUT2D eigenvalue weighted by Gasteiger charge is 2.46. The second-order valence-electron chi connectivity index (χ2n) is 6.98. The summed E-state index contributed by atoms with van der Waals surface area (Å²) < 4.78 is 0. The van der Waals surface area contributed by atoms with Crippen molar-refractivity contribution in [2.24, 2.45) is 0 Å². The topological polar surface area (TPSA) is 62.0 Å². The molecule has 1 fully saturated rings. The minimum absolute atomic E-state index is 0.120. The summed E-state index contributed by atoms with van der Waals surface area (Å²) in [6.07, 6.45) is 0. The van der Waals surface area contributed by atoms with Crippen molar-refractivity contribution in [1.82, 2.24) is 4.90 Å². The number of carbonyl (C=O) groups excluding carboxylic acids is 2. The maximum absolute atomic E-state index is 12.9. The van der Waals surface area contributed by atoms with Crippen molar-refractivity contribution in [3.8, 4) is 0 Å². The number of ketones is 1. The number of quaternary nitrogens is 1. The van der Waals surface area contributed by atoms with Crippen LogP contribution in [0, 0.1) is 0 Å². The Hall–Kier alpha value is -2.92. The smallest absolute Gasteiger partial charge is 0.295 e. The first-order valence-electron chi connectivity index (χ1n) is 9.80. The molecule has 0 radical (unpaired) electrons. The Labute approximate surface area is 165 Å². The molecule has 0 saturated carbocycles. The number of aliphatic hydroxyl groups is 1. The highest BCUT2D eigenvalue weighted by Crippen LogP contribution is 2.38. The number of aliphatic hydroxyl groups excluding tert-OH is 1. The average Bonchev–Trinajstić information content (AvgIpc) is 3.00. The summed E-state index contributed by atoms with van der Waals surface area (Å²) in [5.41, 5.74) is 1.53. The zero-order valence-corrected chi connectivity index (χ0v) is 16.4. The van der Waals surface area contributed by atoms with Gasteiger partial charge in [-0.25, -0.2) is 0 Å². The molecule has 1 amide bonds. The molecule has 1 saturated heterocycles. The average molecular weight is 379 g/mol. The second-order valence-corrected chi connectivity index (χ2v) is 6.98. The Morgan fingerprint density at radius 3 is 2.11 bits per heavy atom. The molecule has 1 heterocycles. The third-order valence-corrected chi connectivity index (χ3v) is 5.41. The van der Waals surface area contributed by atoms with Gasteiger partial charge in [-0.3, -0.25) is 9.59 Å². The molecular weight excluding hydrogens is 352 g/mol. The number of rotatable bonds is 7. The number of hydrogen-bond donors (Lipinski definition) is 2. The molecule has 2 aromatic rings. The molecule has 0 unspecified atom stereocenters. The minimum Gasteiger partial charge on any atom is -0.507 e. The summed E-state index contributed by atoms with van der Waals surface area (Å²) in [7, 11) is 0. The number of benzene rings is 2. The predicted octanol–water partition coefficient (Wildman–Crippen LogP) is 2.03. The zero-order valence-electron chi connectivity index (χ0n) is 16.4. The fraction of sp³-hybridized carbons (Fsp3) is 0.304. The van der Waals surface area contributed by atoms with Crippen LogP contribution in [-0.4, -0.2) is 47.9 Å². The molecule has 1 atom stereocenters. The van der Waals surface area contributed by atoms with Gasteiger partial charge in [-0.1, -0.05) is 60.7 Å². The summed E-state index contributed by atoms with van der Waals surface area (Å²) in [6.45, 7) is 7.36. The second kappa shape index (κ2) is 8.85. The van der Waals surface area contributed by atoms with Crippen LogP contribution in [0.2, 0.25) is 0 Å². The van der Waals surface area contributed by atoms with E-state index in [0.717, 1.165) is 25.2 Å². The lowest BCUT2D eigenvalue weighted by molar-refractivity contribution is -0.895. The quantitative estimate of drug-likeness (QED) is 0.440. The van der Waals surface area contributed by atoms with Crippen LogP contribution in [0.3, 0.4) is 0 Å². The molecule has 5 nitrogen and oxygen atoms in total. The number of carbonyl (C=O) groups is 2. The summed E-state index contributed by atoms with van der Waals surface area (Å²) in [5.74, 6) is -1.28. The molecule has 2 aromatic carbocycles. The normalized spacial score (nSPS) is 18.8. The first-order chi connectivity index (χ1) is 13.6. The Morgan fingerprint density at radius 1 is 0.964 bits per heavy atom. The van der Waals surface area contributed by atoms with Crippen LogP contribution in [0.1, 0.15) is 31.0 Å². The molecule has 28 heavy (non-hydrogen) atoms. The number of likely N-dealkylation sites (N-methyl/N-ethyl adjacent to an activating group) is 1. The first kappa shape index (κ1) is 19.8. The van der Waals surface area contributed by atoms with E-state index in [1.165, 1.54) is 4.90 Å². The maximum Gasteiger partial charge on any atom is 0.295 e. The van der Waals surface area contributed by atoms with Gasteiger partial charge in [0.15, 0.2) is 0 Å². The van der Waals surface area contributed by atoms with E-state index in [1.807, 2.05) is 36.4 Å². The van der Waals surface area contributed by atoms with Crippen molar-refractivity contribution >= 4 is 17.4 Å². The lowest BCUT2D eigenvalue weighted by Crippen LogP contribution is -3.12. The van der Waals surface area contributed by atoms with E-state index in [2.05, 4.69) is 13.8 Å². The van der Waals surface area contributed by atoms with Gasteiger partial charge in [0.2, 0.25) is 0 Å². The number of amides is 1. The minimum atomic E-state index is -0.621. The molecule has 0 spiro atoms. The first-order valence-corrected chi connectivity index (χ1v) is 9.80. The fourth-order valence-corrected chi connectivity index (χ4v) is 3.73. The third kappa shape index (κ3) is 3.85. The summed E-state index contributed by atoms with van der Waals surface area (Å²) >= 11 is 0. The number of nitrogens with one attached hydrogen (secondary N) is 1. The lowest BCUT2D eigenvalue weighted by Gasteiger charge is -2.26. The van der Waals surface area contributed by atoms with E-state index < -0.39 is 17.7 Å². The van der Waals surface area contributed by atoms with Crippen molar-refractivity contribution in [2.75, 3.05) is 26.2 Å². The van der Waals surface area contributed by atoms with Crippen molar-refractivity contribution in [1.29, 1.82) is 0 Å². The molecule has 0 aromatic heterocycles. The summed E-state index contributed by atoms with van der Waals surface area (Å²) in [4.78, 5) is 28.7. The molecule has 2 N–H and O–H groups in total. The van der Waals surface area contributed by atoms with Crippen molar-refractivity contribution in [3.05, 3.63) is 77.4 Å². The van der Waals surface area contributed by atoms with Gasteiger partial charge in [-0.15, -0.1) is 0 Å². The van der Waals surface area contributed by atoms with E-state index in [9.17, 15) is 14.7 Å². The van der Waals surface area contributed by atoms with Gasteiger partial charge in [-0.2, -0.15) is 0 Å². The third-order valence-electron chi connectivity index (χ3n) is 5.41. The van der Waals surface area contributed by atoms with Gasteiger partial charge in [0, 0.05) is 5.56 Å². The van der Waals surface area contributed by atoms with Crippen LogP contribution in [0.5, 0.6) is 0 Å². The number of hydrogen-bond acceptors (Lipinski definition) is 3. The van der Waals surface area contributed by atoms with Gasteiger partial charge < -0.3 is 14.9 Å². The molecular formula is C23H27N2O3+. The molecule has 146 valence electrons. The zero-order chi connectivity index (χ0) is 20.1. The van der Waals surface area contributed by atoms with Crippen LogP contribution in [0.15, 0.2) is 66.2 Å². The van der Waals surface area contributed by atoms with Gasteiger partial charge in [0.25, 0.3) is 11.7 Å². The van der Waals surface area contributed by atoms with E-state index in [0.29, 0.717) is 12.1 Å².